The number of H-pyrrole nitrogens is 1. The molecule has 0 unspecified atom stereocenters. The van der Waals surface area contributed by atoms with E-state index in [1.807, 2.05) is 0 Å². The molecule has 0 saturated heterocycles. The number of aromatic amines is 1. The molecule has 2 amide bonds. The summed E-state index contributed by atoms with van der Waals surface area (Å²) in [6.45, 7) is 3.93. The number of likely N-dealkylation sites (N-methyl/N-ethyl adjacent to an activating group) is 2. The zero-order valence-corrected chi connectivity index (χ0v) is 10.2. The van der Waals surface area contributed by atoms with Gasteiger partial charge in [0.05, 0.1) is 17.9 Å². The molecule has 1 aromatic rings. The molecular weight excluding hydrogens is 222 g/mol. The zero-order chi connectivity index (χ0) is 13.0. The lowest BCUT2D eigenvalue weighted by atomic mass is 10.2. The van der Waals surface area contributed by atoms with Crippen LogP contribution in [0.4, 0.5) is 5.69 Å². The van der Waals surface area contributed by atoms with Crippen LogP contribution in [0.2, 0.25) is 0 Å². The van der Waals surface area contributed by atoms with Crippen molar-refractivity contribution >= 4 is 17.5 Å². The van der Waals surface area contributed by atoms with Crippen molar-refractivity contribution in [3.05, 3.63) is 11.4 Å². The van der Waals surface area contributed by atoms with Gasteiger partial charge in [-0.2, -0.15) is 5.10 Å². The van der Waals surface area contributed by atoms with Crippen LogP contribution in [0.1, 0.15) is 23.1 Å². The summed E-state index contributed by atoms with van der Waals surface area (Å²) in [5.74, 6) is -0.580. The number of anilines is 1. The van der Waals surface area contributed by atoms with Gasteiger partial charge in [-0.25, -0.2) is 0 Å². The Bertz CT molecular complexity index is 426. The lowest BCUT2D eigenvalue weighted by molar-refractivity contribution is -0.121. The summed E-state index contributed by atoms with van der Waals surface area (Å²) in [6.07, 6.45) is 0. The van der Waals surface area contributed by atoms with Crippen molar-refractivity contribution in [2.24, 2.45) is 0 Å². The number of carbonyl (C=O) groups is 2. The molecule has 1 rings (SSSR count). The summed E-state index contributed by atoms with van der Waals surface area (Å²) in [6, 6.07) is 0. The predicted octanol–water partition coefficient (Wildman–Crippen LogP) is -0.492. The monoisotopic (exact) mass is 239 g/mol. The van der Waals surface area contributed by atoms with E-state index >= 15 is 0 Å². The van der Waals surface area contributed by atoms with Crippen molar-refractivity contribution in [2.75, 3.05) is 25.9 Å². The Morgan fingerprint density at radius 2 is 2.18 bits per heavy atom. The van der Waals surface area contributed by atoms with Crippen LogP contribution in [-0.4, -0.2) is 47.0 Å². The lowest BCUT2D eigenvalue weighted by Gasteiger charge is -2.18. The Morgan fingerprint density at radius 1 is 1.53 bits per heavy atom. The number of hydrogen-bond donors (Lipinski definition) is 3. The van der Waals surface area contributed by atoms with Crippen LogP contribution in [0, 0.1) is 6.92 Å². The average Bonchev–Trinajstić information content (AvgIpc) is 2.66. The van der Waals surface area contributed by atoms with E-state index in [0.29, 0.717) is 17.9 Å². The molecule has 4 N–H and O–H groups in total. The second-order valence-corrected chi connectivity index (χ2v) is 3.60. The number of carbonyl (C=O) groups excluding carboxylic acids is 2. The highest BCUT2D eigenvalue weighted by Gasteiger charge is 2.22. The lowest BCUT2D eigenvalue weighted by Crippen LogP contribution is -2.39. The first-order chi connectivity index (χ1) is 8.01. The Balaban J connectivity index is 2.86. The highest BCUT2D eigenvalue weighted by atomic mass is 16.2. The Hall–Kier alpha value is -2.05. The smallest absolute Gasteiger partial charge is 0.276 e. The molecule has 0 aliphatic rings. The standard InChI is InChI=1S/C10H17N5O2/c1-4-15(5-7(16)12-3)10(17)9-8(11)6(2)13-14-9/h4-5,11H2,1-3H3,(H,12,16)(H,13,14). The number of aromatic nitrogens is 2. The van der Waals surface area contributed by atoms with Crippen molar-refractivity contribution in [1.29, 1.82) is 0 Å². The van der Waals surface area contributed by atoms with Gasteiger partial charge in [0, 0.05) is 13.6 Å². The van der Waals surface area contributed by atoms with Gasteiger partial charge >= 0.3 is 0 Å². The van der Waals surface area contributed by atoms with E-state index in [1.165, 1.54) is 11.9 Å². The van der Waals surface area contributed by atoms with E-state index in [0.717, 1.165) is 0 Å². The Morgan fingerprint density at radius 3 is 2.59 bits per heavy atom. The third-order valence-corrected chi connectivity index (χ3v) is 2.48. The number of hydrogen-bond acceptors (Lipinski definition) is 4. The first-order valence-corrected chi connectivity index (χ1v) is 5.31. The summed E-state index contributed by atoms with van der Waals surface area (Å²) < 4.78 is 0. The van der Waals surface area contributed by atoms with Crippen LogP contribution in [0.15, 0.2) is 0 Å². The molecule has 1 heterocycles. The van der Waals surface area contributed by atoms with Crippen molar-refractivity contribution in [2.45, 2.75) is 13.8 Å². The Kier molecular flexibility index (Phi) is 4.08. The number of amides is 2. The van der Waals surface area contributed by atoms with Crippen LogP contribution in [0.3, 0.4) is 0 Å². The summed E-state index contributed by atoms with van der Waals surface area (Å²) in [7, 11) is 1.52. The van der Waals surface area contributed by atoms with Crippen molar-refractivity contribution in [3.8, 4) is 0 Å². The number of nitrogens with zero attached hydrogens (tertiary/aromatic N) is 2. The normalized spacial score (nSPS) is 10.1. The van der Waals surface area contributed by atoms with Crippen LogP contribution < -0.4 is 11.1 Å². The number of nitrogens with one attached hydrogen (secondary N) is 2. The van der Waals surface area contributed by atoms with Crippen molar-refractivity contribution < 1.29 is 9.59 Å². The third kappa shape index (κ3) is 2.74. The molecule has 17 heavy (non-hydrogen) atoms. The molecule has 0 aliphatic heterocycles. The van der Waals surface area contributed by atoms with Gasteiger partial charge in [0.1, 0.15) is 0 Å². The molecule has 1 aromatic heterocycles. The molecule has 0 spiro atoms. The summed E-state index contributed by atoms with van der Waals surface area (Å²) in [5.41, 5.74) is 6.85. The van der Waals surface area contributed by atoms with E-state index in [9.17, 15) is 9.59 Å². The van der Waals surface area contributed by atoms with Crippen LogP contribution >= 0.6 is 0 Å². The fraction of sp³-hybridized carbons (Fsp3) is 0.500. The number of nitrogens with two attached hydrogens (primary N) is 1. The fourth-order valence-electron chi connectivity index (χ4n) is 1.33. The zero-order valence-electron chi connectivity index (χ0n) is 10.2. The minimum atomic E-state index is -0.349. The molecule has 0 fully saturated rings. The number of nitrogen functional groups attached to an aromatic ring is 1. The van der Waals surface area contributed by atoms with Crippen LogP contribution in [0.25, 0.3) is 0 Å². The van der Waals surface area contributed by atoms with Crippen LogP contribution in [0.5, 0.6) is 0 Å². The van der Waals surface area contributed by atoms with Crippen molar-refractivity contribution in [1.82, 2.24) is 20.4 Å². The van der Waals surface area contributed by atoms with E-state index in [2.05, 4.69) is 15.5 Å². The van der Waals surface area contributed by atoms with E-state index in [-0.39, 0.29) is 24.1 Å². The third-order valence-electron chi connectivity index (χ3n) is 2.48. The molecule has 0 atom stereocenters. The molecule has 0 radical (unpaired) electrons. The molecule has 94 valence electrons. The van der Waals surface area contributed by atoms with Gasteiger partial charge in [0.15, 0.2) is 5.69 Å². The minimum Gasteiger partial charge on any atom is -0.395 e. The first kappa shape index (κ1) is 13.0. The van der Waals surface area contributed by atoms with Gasteiger partial charge in [-0.15, -0.1) is 0 Å². The maximum Gasteiger partial charge on any atom is 0.276 e. The first-order valence-electron chi connectivity index (χ1n) is 5.31. The van der Waals surface area contributed by atoms with Gasteiger partial charge < -0.3 is 16.0 Å². The van der Waals surface area contributed by atoms with Gasteiger partial charge in [-0.05, 0) is 13.8 Å². The van der Waals surface area contributed by atoms with Crippen LogP contribution in [-0.2, 0) is 4.79 Å². The van der Waals surface area contributed by atoms with E-state index < -0.39 is 0 Å². The van der Waals surface area contributed by atoms with E-state index in [4.69, 9.17) is 5.73 Å². The average molecular weight is 239 g/mol. The SMILES string of the molecule is CCN(CC(=O)NC)C(=O)c1n[nH]c(C)c1N. The molecular formula is C10H17N5O2. The summed E-state index contributed by atoms with van der Waals surface area (Å²) >= 11 is 0. The molecule has 0 saturated carbocycles. The fourth-order valence-corrected chi connectivity index (χ4v) is 1.33. The highest BCUT2D eigenvalue weighted by Crippen LogP contribution is 2.14. The summed E-state index contributed by atoms with van der Waals surface area (Å²) in [5, 5.41) is 8.95. The second kappa shape index (κ2) is 5.33. The van der Waals surface area contributed by atoms with Gasteiger partial charge in [0.25, 0.3) is 5.91 Å². The molecule has 0 aromatic carbocycles. The quantitative estimate of drug-likeness (QED) is 0.659. The van der Waals surface area contributed by atoms with Crippen molar-refractivity contribution in [3.63, 3.8) is 0 Å². The maximum atomic E-state index is 12.0. The molecule has 0 aliphatic carbocycles. The molecule has 7 heteroatoms. The topological polar surface area (TPSA) is 104 Å². The van der Waals surface area contributed by atoms with Gasteiger partial charge in [-0.1, -0.05) is 0 Å². The highest BCUT2D eigenvalue weighted by molar-refractivity contribution is 5.99. The minimum absolute atomic E-state index is 0.00280. The second-order valence-electron chi connectivity index (χ2n) is 3.60. The van der Waals surface area contributed by atoms with E-state index in [1.54, 1.807) is 13.8 Å². The number of aryl methyl sites for hydroxylation is 1. The molecule has 0 bridgehead atoms. The number of rotatable bonds is 4. The predicted molar refractivity (Wildman–Crippen MR) is 63.4 cm³/mol. The maximum absolute atomic E-state index is 12.0. The summed E-state index contributed by atoms with van der Waals surface area (Å²) in [4.78, 5) is 24.7. The largest absolute Gasteiger partial charge is 0.395 e. The Labute approximate surface area is 99.4 Å². The van der Waals surface area contributed by atoms with Gasteiger partial charge in [0.2, 0.25) is 5.91 Å². The van der Waals surface area contributed by atoms with Gasteiger partial charge in [-0.3, -0.25) is 14.7 Å². The molecule has 7 nitrogen and oxygen atoms in total.